The van der Waals surface area contributed by atoms with E-state index < -0.39 is 5.97 Å². The Bertz CT molecular complexity index is 724. The molecule has 0 aliphatic carbocycles. The maximum atomic E-state index is 12.4. The van der Waals surface area contributed by atoms with E-state index in [0.717, 1.165) is 19.4 Å². The Balaban J connectivity index is 1.52. The number of methoxy groups -OCH3 is 1. The molecule has 1 aliphatic rings. The lowest BCUT2D eigenvalue weighted by molar-refractivity contribution is 0.0600. The van der Waals surface area contributed by atoms with Crippen LogP contribution in [0.2, 0.25) is 0 Å². The second kappa shape index (κ2) is 7.78. The zero-order valence-corrected chi connectivity index (χ0v) is 14.1. The summed E-state index contributed by atoms with van der Waals surface area (Å²) >= 11 is 0. The van der Waals surface area contributed by atoms with Crippen molar-refractivity contribution in [2.75, 3.05) is 25.5 Å². The molecule has 0 bridgehead atoms. The molecule has 2 amide bonds. The molecular weight excluding hydrogens is 322 g/mol. The first-order chi connectivity index (χ1) is 12.2. The number of anilines is 1. The lowest BCUT2D eigenvalue weighted by Crippen LogP contribution is -2.41. The zero-order chi connectivity index (χ0) is 17.6. The second-order valence-electron chi connectivity index (χ2n) is 6.04. The van der Waals surface area contributed by atoms with Crippen molar-refractivity contribution in [2.24, 2.45) is 5.92 Å². The van der Waals surface area contributed by atoms with E-state index in [0.29, 0.717) is 30.3 Å². The van der Waals surface area contributed by atoms with Gasteiger partial charge in [0.1, 0.15) is 0 Å². The normalized spacial score (nSPS) is 15.0. The molecule has 1 fully saturated rings. The highest BCUT2D eigenvalue weighted by Crippen LogP contribution is 2.20. The summed E-state index contributed by atoms with van der Waals surface area (Å²) < 4.78 is 6.59. The first-order valence-electron chi connectivity index (χ1n) is 8.22. The molecule has 0 atom stereocenters. The highest BCUT2D eigenvalue weighted by molar-refractivity contribution is 5.93. The molecule has 0 aromatic carbocycles. The Morgan fingerprint density at radius 3 is 2.80 bits per heavy atom. The average Bonchev–Trinajstić information content (AvgIpc) is 3.15. The maximum Gasteiger partial charge on any atom is 0.339 e. The summed E-state index contributed by atoms with van der Waals surface area (Å²) in [6.45, 7) is 2.28. The minimum absolute atomic E-state index is 0.179. The summed E-state index contributed by atoms with van der Waals surface area (Å²) in [7, 11) is 1.31. The van der Waals surface area contributed by atoms with Gasteiger partial charge in [0.05, 0.1) is 24.6 Å². The van der Waals surface area contributed by atoms with Crippen LogP contribution in [-0.2, 0) is 11.3 Å². The molecule has 0 unspecified atom stereocenters. The minimum Gasteiger partial charge on any atom is -0.465 e. The number of urea groups is 1. The van der Waals surface area contributed by atoms with E-state index in [2.05, 4.69) is 20.1 Å². The predicted molar refractivity (Wildman–Crippen MR) is 91.1 cm³/mol. The van der Waals surface area contributed by atoms with E-state index in [4.69, 9.17) is 0 Å². The van der Waals surface area contributed by atoms with Crippen molar-refractivity contribution in [3.05, 3.63) is 42.5 Å². The second-order valence-corrected chi connectivity index (χ2v) is 6.04. The van der Waals surface area contributed by atoms with Gasteiger partial charge >= 0.3 is 12.0 Å². The Labute approximate surface area is 145 Å². The van der Waals surface area contributed by atoms with Crippen LogP contribution < -0.4 is 5.32 Å². The number of likely N-dealkylation sites (tertiary alicyclic amines) is 1. The van der Waals surface area contributed by atoms with Gasteiger partial charge in [-0.1, -0.05) is 0 Å². The molecule has 0 radical (unpaired) electrons. The number of esters is 1. The van der Waals surface area contributed by atoms with Crippen molar-refractivity contribution in [3.8, 4) is 0 Å². The molecule has 1 N–H and O–H groups in total. The van der Waals surface area contributed by atoms with Crippen LogP contribution in [0.25, 0.3) is 0 Å². The van der Waals surface area contributed by atoms with E-state index >= 15 is 0 Å². The number of carbonyl (C=O) groups is 2. The van der Waals surface area contributed by atoms with E-state index in [9.17, 15) is 9.59 Å². The van der Waals surface area contributed by atoms with Gasteiger partial charge in [0.15, 0.2) is 0 Å². The van der Waals surface area contributed by atoms with Gasteiger partial charge in [0.25, 0.3) is 0 Å². The molecule has 2 aromatic heterocycles. The fourth-order valence-electron chi connectivity index (χ4n) is 2.93. The topological polar surface area (TPSA) is 89.3 Å². The molecule has 0 saturated carbocycles. The van der Waals surface area contributed by atoms with Crippen molar-refractivity contribution in [2.45, 2.75) is 19.4 Å². The van der Waals surface area contributed by atoms with E-state index in [1.807, 2.05) is 16.9 Å². The van der Waals surface area contributed by atoms with Crippen molar-refractivity contribution < 1.29 is 14.3 Å². The van der Waals surface area contributed by atoms with Crippen LogP contribution in [-0.4, -0.2) is 51.9 Å². The van der Waals surface area contributed by atoms with Crippen LogP contribution in [0.4, 0.5) is 10.5 Å². The number of ether oxygens (including phenoxy) is 1. The molecule has 132 valence electrons. The Morgan fingerprint density at radius 1 is 1.32 bits per heavy atom. The summed E-state index contributed by atoms with van der Waals surface area (Å²) in [6.07, 6.45) is 8.53. The smallest absolute Gasteiger partial charge is 0.339 e. The standard InChI is InChI=1S/C17H21N5O3/c1-25-16(23)14-9-15(11-18-10-14)20-17(24)21-7-3-13(4-8-21)12-22-6-2-5-19-22/h2,5-6,9-11,13H,3-4,7-8,12H2,1H3,(H,20,24). The predicted octanol–water partition coefficient (Wildman–Crippen LogP) is 2.01. The van der Waals surface area contributed by atoms with Gasteiger partial charge in [-0.25, -0.2) is 9.59 Å². The number of rotatable bonds is 4. The lowest BCUT2D eigenvalue weighted by atomic mass is 9.97. The van der Waals surface area contributed by atoms with Crippen LogP contribution in [0.3, 0.4) is 0 Å². The van der Waals surface area contributed by atoms with Crippen molar-refractivity contribution >= 4 is 17.7 Å². The van der Waals surface area contributed by atoms with E-state index in [-0.39, 0.29) is 6.03 Å². The van der Waals surface area contributed by atoms with Gasteiger partial charge in [0.2, 0.25) is 0 Å². The summed E-state index contributed by atoms with van der Waals surface area (Å²) in [6, 6.07) is 3.29. The monoisotopic (exact) mass is 343 g/mol. The SMILES string of the molecule is COC(=O)c1cncc(NC(=O)N2CCC(Cn3cccn3)CC2)c1. The number of nitrogens with zero attached hydrogens (tertiary/aromatic N) is 4. The highest BCUT2D eigenvalue weighted by atomic mass is 16.5. The lowest BCUT2D eigenvalue weighted by Gasteiger charge is -2.32. The Kier molecular flexibility index (Phi) is 5.27. The highest BCUT2D eigenvalue weighted by Gasteiger charge is 2.23. The van der Waals surface area contributed by atoms with Gasteiger partial charge in [-0.2, -0.15) is 5.10 Å². The van der Waals surface area contributed by atoms with E-state index in [1.165, 1.54) is 19.5 Å². The fourth-order valence-corrected chi connectivity index (χ4v) is 2.93. The molecule has 2 aromatic rings. The molecule has 8 nitrogen and oxygen atoms in total. The van der Waals surface area contributed by atoms with E-state index in [1.54, 1.807) is 17.2 Å². The van der Waals surface area contributed by atoms with Crippen LogP contribution in [0, 0.1) is 5.92 Å². The third-order valence-electron chi connectivity index (χ3n) is 4.32. The quantitative estimate of drug-likeness (QED) is 0.858. The largest absolute Gasteiger partial charge is 0.465 e. The molecule has 0 spiro atoms. The third kappa shape index (κ3) is 4.34. The molecule has 1 aliphatic heterocycles. The number of amides is 2. The van der Waals surface area contributed by atoms with Gasteiger partial charge in [-0.05, 0) is 30.9 Å². The Hall–Kier alpha value is -2.90. The number of aromatic nitrogens is 3. The first kappa shape index (κ1) is 16.9. The molecular formula is C17H21N5O3. The molecule has 8 heteroatoms. The van der Waals surface area contributed by atoms with Crippen molar-refractivity contribution in [1.29, 1.82) is 0 Å². The third-order valence-corrected chi connectivity index (χ3v) is 4.32. The fraction of sp³-hybridized carbons (Fsp3) is 0.412. The van der Waals surface area contributed by atoms with Crippen molar-refractivity contribution in [3.63, 3.8) is 0 Å². The number of piperidine rings is 1. The summed E-state index contributed by atoms with van der Waals surface area (Å²) in [5, 5.41) is 7.02. The zero-order valence-electron chi connectivity index (χ0n) is 14.1. The van der Waals surface area contributed by atoms with Crippen LogP contribution in [0.5, 0.6) is 0 Å². The van der Waals surface area contributed by atoms with Crippen LogP contribution >= 0.6 is 0 Å². The average molecular weight is 343 g/mol. The van der Waals surface area contributed by atoms with Crippen LogP contribution in [0.15, 0.2) is 36.9 Å². The summed E-state index contributed by atoms with van der Waals surface area (Å²) in [4.78, 5) is 29.7. The first-order valence-corrected chi connectivity index (χ1v) is 8.22. The molecule has 3 rings (SSSR count). The van der Waals surface area contributed by atoms with Gasteiger partial charge in [-0.3, -0.25) is 9.67 Å². The molecule has 25 heavy (non-hydrogen) atoms. The summed E-state index contributed by atoms with van der Waals surface area (Å²) in [5.74, 6) is 0.0382. The van der Waals surface area contributed by atoms with Gasteiger partial charge < -0.3 is 15.0 Å². The molecule has 1 saturated heterocycles. The van der Waals surface area contributed by atoms with Crippen molar-refractivity contribution in [1.82, 2.24) is 19.7 Å². The minimum atomic E-state index is -0.483. The summed E-state index contributed by atoms with van der Waals surface area (Å²) in [5.41, 5.74) is 0.782. The van der Waals surface area contributed by atoms with Gasteiger partial charge in [0, 0.05) is 38.2 Å². The molecule has 3 heterocycles. The Morgan fingerprint density at radius 2 is 2.12 bits per heavy atom. The maximum absolute atomic E-state index is 12.4. The number of nitrogens with one attached hydrogen (secondary N) is 1. The number of carbonyl (C=O) groups excluding carboxylic acids is 2. The number of pyridine rings is 1. The van der Waals surface area contributed by atoms with Crippen LogP contribution in [0.1, 0.15) is 23.2 Å². The van der Waals surface area contributed by atoms with Gasteiger partial charge in [-0.15, -0.1) is 0 Å². The number of hydrogen-bond acceptors (Lipinski definition) is 5. The number of hydrogen-bond donors (Lipinski definition) is 1.